The quantitative estimate of drug-likeness (QED) is 0.771. The molecule has 1 radical (unpaired) electrons. The van der Waals surface area contributed by atoms with Crippen LogP contribution in [0.25, 0.3) is 0 Å². The largest absolute Gasteiger partial charge is 0.317 e. The number of nitrogens with one attached hydrogen (secondary N) is 1. The summed E-state index contributed by atoms with van der Waals surface area (Å²) in [5.74, 6) is 1.54. The van der Waals surface area contributed by atoms with E-state index in [1.165, 1.54) is 64.6 Å². The first-order chi connectivity index (χ1) is 7.75. The van der Waals surface area contributed by atoms with Crippen molar-refractivity contribution < 1.29 is 0 Å². The molecule has 2 heterocycles. The van der Waals surface area contributed by atoms with Crippen LogP contribution < -0.4 is 5.32 Å². The molecule has 0 aromatic rings. The topological polar surface area (TPSA) is 18.5 Å². The normalized spacial score (nSPS) is 26.4. The van der Waals surface area contributed by atoms with Crippen molar-refractivity contribution in [2.24, 2.45) is 0 Å². The zero-order valence-corrected chi connectivity index (χ0v) is 10.8. The highest BCUT2D eigenvalue weighted by Gasteiger charge is 2.24. The van der Waals surface area contributed by atoms with Crippen LogP contribution in [0.2, 0.25) is 0 Å². The Hall–Kier alpha value is -0.120. The number of hydrogen-bond donors (Lipinski definition) is 1. The second-order valence-corrected chi connectivity index (χ2v) is 5.50. The Bertz CT molecular complexity index is 191. The number of rotatable bonds is 3. The maximum absolute atomic E-state index is 3.45. The van der Waals surface area contributed by atoms with E-state index in [-0.39, 0.29) is 0 Å². The van der Waals surface area contributed by atoms with Crippen molar-refractivity contribution >= 4 is 0 Å². The molecule has 2 aliphatic rings. The van der Waals surface area contributed by atoms with Crippen LogP contribution in [-0.4, -0.2) is 61.7 Å². The van der Waals surface area contributed by atoms with Gasteiger partial charge in [-0.15, -0.1) is 0 Å². The molecule has 0 bridgehead atoms. The van der Waals surface area contributed by atoms with E-state index in [4.69, 9.17) is 0 Å². The molecule has 0 aromatic carbocycles. The number of hydrogen-bond acceptors (Lipinski definition) is 3. The Kier molecular flexibility index (Phi) is 4.62. The second kappa shape index (κ2) is 5.99. The van der Waals surface area contributed by atoms with Crippen molar-refractivity contribution in [1.82, 2.24) is 15.1 Å². The fraction of sp³-hybridized carbons (Fsp3) is 0.923. The summed E-state index contributed by atoms with van der Waals surface area (Å²) in [6, 6.07) is 0.857. The molecule has 0 amide bonds. The molecule has 93 valence electrons. The molecule has 2 rings (SSSR count). The molecule has 0 aliphatic carbocycles. The summed E-state index contributed by atoms with van der Waals surface area (Å²) in [5, 5.41) is 3.45. The lowest BCUT2D eigenvalue weighted by atomic mass is 10.0. The molecule has 3 heteroatoms. The predicted molar refractivity (Wildman–Crippen MR) is 68.5 cm³/mol. The van der Waals surface area contributed by atoms with Gasteiger partial charge in [0.2, 0.25) is 0 Å². The van der Waals surface area contributed by atoms with Gasteiger partial charge < -0.3 is 10.2 Å². The molecule has 0 unspecified atom stereocenters. The van der Waals surface area contributed by atoms with Crippen LogP contribution in [0, 0.1) is 5.92 Å². The third-order valence-corrected chi connectivity index (χ3v) is 3.77. The summed E-state index contributed by atoms with van der Waals surface area (Å²) in [5.41, 5.74) is 0. The van der Waals surface area contributed by atoms with Crippen molar-refractivity contribution in [3.63, 3.8) is 0 Å². The van der Waals surface area contributed by atoms with E-state index in [1.807, 2.05) is 0 Å². The summed E-state index contributed by atoms with van der Waals surface area (Å²) in [4.78, 5) is 5.30. The maximum atomic E-state index is 3.45. The minimum atomic E-state index is 0.857. The van der Waals surface area contributed by atoms with Gasteiger partial charge in [0.25, 0.3) is 0 Å². The molecular weight excluding hydrogens is 198 g/mol. The number of piperidine rings is 1. The summed E-state index contributed by atoms with van der Waals surface area (Å²) < 4.78 is 0. The monoisotopic (exact) mass is 224 g/mol. The average Bonchev–Trinajstić information content (AvgIpc) is 2.30. The van der Waals surface area contributed by atoms with Crippen LogP contribution in [-0.2, 0) is 0 Å². The third-order valence-electron chi connectivity index (χ3n) is 3.77. The highest BCUT2D eigenvalue weighted by atomic mass is 15.3. The molecule has 2 aliphatic heterocycles. The fourth-order valence-corrected chi connectivity index (χ4v) is 2.91. The minimum absolute atomic E-state index is 0.857. The van der Waals surface area contributed by atoms with Gasteiger partial charge in [-0.2, -0.15) is 0 Å². The van der Waals surface area contributed by atoms with Gasteiger partial charge in [0.1, 0.15) is 0 Å². The summed E-state index contributed by atoms with van der Waals surface area (Å²) >= 11 is 0. The number of nitrogens with zero attached hydrogens (tertiary/aromatic N) is 2. The standard InChI is InChI=1S/C13H26N3/c1-12(2)11-15-7-9-16(10-8-15)13-3-5-14-6-4-13/h13-14H,3-11H2,1-2H3. The van der Waals surface area contributed by atoms with Gasteiger partial charge in [-0.25, -0.2) is 0 Å². The molecule has 1 N–H and O–H groups in total. The fourth-order valence-electron chi connectivity index (χ4n) is 2.91. The molecule has 0 atom stereocenters. The molecule has 0 aromatic heterocycles. The van der Waals surface area contributed by atoms with Gasteiger partial charge in [-0.3, -0.25) is 4.90 Å². The van der Waals surface area contributed by atoms with E-state index < -0.39 is 0 Å². The third kappa shape index (κ3) is 3.44. The van der Waals surface area contributed by atoms with Gasteiger partial charge in [-0.1, -0.05) is 13.8 Å². The Morgan fingerprint density at radius 3 is 2.25 bits per heavy atom. The SMILES string of the molecule is C[C](C)CN1CCN(C2CCNCC2)CC1. The van der Waals surface area contributed by atoms with Crippen molar-refractivity contribution in [2.75, 3.05) is 45.8 Å². The molecule has 16 heavy (non-hydrogen) atoms. The molecule has 0 spiro atoms. The smallest absolute Gasteiger partial charge is 0.0120 e. The van der Waals surface area contributed by atoms with Crippen molar-refractivity contribution in [1.29, 1.82) is 0 Å². The number of piperazine rings is 1. The van der Waals surface area contributed by atoms with Crippen molar-refractivity contribution in [2.45, 2.75) is 32.7 Å². The highest BCUT2D eigenvalue weighted by Crippen LogP contribution is 2.15. The molecule has 3 nitrogen and oxygen atoms in total. The molecule has 0 saturated carbocycles. The van der Waals surface area contributed by atoms with Crippen LogP contribution in [0.3, 0.4) is 0 Å². The maximum Gasteiger partial charge on any atom is 0.0120 e. The zero-order chi connectivity index (χ0) is 11.4. The van der Waals surface area contributed by atoms with E-state index in [1.54, 1.807) is 0 Å². The Labute approximate surface area is 100 Å². The predicted octanol–water partition coefficient (Wildman–Crippen LogP) is 0.970. The van der Waals surface area contributed by atoms with Crippen LogP contribution in [0.15, 0.2) is 0 Å². The van der Waals surface area contributed by atoms with E-state index in [9.17, 15) is 0 Å². The first-order valence-electron chi connectivity index (χ1n) is 6.72. The minimum Gasteiger partial charge on any atom is -0.317 e. The second-order valence-electron chi connectivity index (χ2n) is 5.50. The van der Waals surface area contributed by atoms with E-state index >= 15 is 0 Å². The van der Waals surface area contributed by atoms with Crippen LogP contribution in [0.1, 0.15) is 26.7 Å². The lowest BCUT2D eigenvalue weighted by Crippen LogP contribution is -2.53. The zero-order valence-electron chi connectivity index (χ0n) is 10.8. The summed E-state index contributed by atoms with van der Waals surface area (Å²) in [6.45, 7) is 13.2. The lowest BCUT2D eigenvalue weighted by molar-refractivity contribution is 0.0844. The molecule has 2 saturated heterocycles. The Morgan fingerprint density at radius 1 is 1.06 bits per heavy atom. The van der Waals surface area contributed by atoms with Crippen LogP contribution >= 0.6 is 0 Å². The summed E-state index contributed by atoms with van der Waals surface area (Å²) in [7, 11) is 0. The van der Waals surface area contributed by atoms with Gasteiger partial charge in [0.05, 0.1) is 0 Å². The Balaban J connectivity index is 1.71. The van der Waals surface area contributed by atoms with Gasteiger partial charge in [0, 0.05) is 38.8 Å². The van der Waals surface area contributed by atoms with Gasteiger partial charge in [-0.05, 0) is 31.8 Å². The van der Waals surface area contributed by atoms with Crippen LogP contribution in [0.5, 0.6) is 0 Å². The first-order valence-corrected chi connectivity index (χ1v) is 6.72. The Morgan fingerprint density at radius 2 is 1.69 bits per heavy atom. The van der Waals surface area contributed by atoms with Crippen molar-refractivity contribution in [3.05, 3.63) is 5.92 Å². The average molecular weight is 224 g/mol. The first kappa shape index (κ1) is 12.3. The summed E-state index contributed by atoms with van der Waals surface area (Å²) in [6.07, 6.45) is 2.69. The van der Waals surface area contributed by atoms with E-state index in [0.717, 1.165) is 6.04 Å². The van der Waals surface area contributed by atoms with Gasteiger partial charge in [0.15, 0.2) is 0 Å². The van der Waals surface area contributed by atoms with E-state index in [2.05, 4.69) is 29.0 Å². The molecular formula is C13H26N3. The highest BCUT2D eigenvalue weighted by molar-refractivity contribution is 4.87. The van der Waals surface area contributed by atoms with E-state index in [0.29, 0.717) is 0 Å². The van der Waals surface area contributed by atoms with Gasteiger partial charge >= 0.3 is 0 Å². The lowest BCUT2D eigenvalue weighted by Gasteiger charge is -2.41. The molecule has 2 fully saturated rings. The van der Waals surface area contributed by atoms with Crippen LogP contribution in [0.4, 0.5) is 0 Å². The van der Waals surface area contributed by atoms with Crippen molar-refractivity contribution in [3.8, 4) is 0 Å².